The number of nitrogens with one attached hydrogen (secondary N) is 1. The molecule has 1 spiro atoms. The van der Waals surface area contributed by atoms with Gasteiger partial charge in [-0.2, -0.15) is 0 Å². The molecule has 6 heteroatoms. The van der Waals surface area contributed by atoms with Crippen LogP contribution in [0.25, 0.3) is 0 Å². The van der Waals surface area contributed by atoms with Crippen molar-refractivity contribution in [1.82, 2.24) is 10.2 Å². The van der Waals surface area contributed by atoms with Gasteiger partial charge >= 0.3 is 0 Å². The molecule has 0 radical (unpaired) electrons. The van der Waals surface area contributed by atoms with Crippen LogP contribution in [0.1, 0.15) is 90.9 Å². The highest BCUT2D eigenvalue weighted by atomic mass is 32.2. The highest BCUT2D eigenvalue weighted by molar-refractivity contribution is 8.02. The Morgan fingerprint density at radius 1 is 1.07 bits per heavy atom. The molecule has 0 aromatic carbocycles. The summed E-state index contributed by atoms with van der Waals surface area (Å²) < 4.78 is -0.269. The molecule has 0 aromatic rings. The van der Waals surface area contributed by atoms with E-state index in [-0.39, 0.29) is 33.5 Å². The molecule has 2 saturated carbocycles. The van der Waals surface area contributed by atoms with Gasteiger partial charge in [-0.05, 0) is 52.5 Å². The van der Waals surface area contributed by atoms with E-state index in [0.29, 0.717) is 19.4 Å². The quantitative estimate of drug-likeness (QED) is 0.746. The molecule has 2 aliphatic carbocycles. The first-order valence-electron chi connectivity index (χ1n) is 10.9. The number of hydrogen-bond acceptors (Lipinski definition) is 4. The van der Waals surface area contributed by atoms with Crippen molar-refractivity contribution in [2.24, 2.45) is 5.73 Å². The summed E-state index contributed by atoms with van der Waals surface area (Å²) in [5.41, 5.74) is 5.66. The number of carbonyl (C=O) groups excluding carboxylic acids is 2. The van der Waals surface area contributed by atoms with Crippen LogP contribution in [0.2, 0.25) is 0 Å². The van der Waals surface area contributed by atoms with Crippen molar-refractivity contribution >= 4 is 23.6 Å². The maximum Gasteiger partial charge on any atom is 0.244 e. The molecule has 0 unspecified atom stereocenters. The van der Waals surface area contributed by atoms with Crippen LogP contribution >= 0.6 is 11.8 Å². The number of thioether (sulfide) groups is 1. The molecule has 3 fully saturated rings. The summed E-state index contributed by atoms with van der Waals surface area (Å²) in [4.78, 5) is 28.4. The van der Waals surface area contributed by atoms with Crippen LogP contribution in [0.3, 0.4) is 0 Å². The van der Waals surface area contributed by atoms with Crippen LogP contribution in [0.15, 0.2) is 0 Å². The van der Waals surface area contributed by atoms with Crippen LogP contribution < -0.4 is 11.1 Å². The van der Waals surface area contributed by atoms with Crippen LogP contribution in [0.5, 0.6) is 0 Å². The predicted molar refractivity (Wildman–Crippen MR) is 111 cm³/mol. The summed E-state index contributed by atoms with van der Waals surface area (Å²) >= 11 is 1.87. The minimum Gasteiger partial charge on any atom is -0.352 e. The van der Waals surface area contributed by atoms with Crippen molar-refractivity contribution in [1.29, 1.82) is 0 Å². The van der Waals surface area contributed by atoms with E-state index >= 15 is 0 Å². The Kier molecular flexibility index (Phi) is 6.78. The Morgan fingerprint density at radius 2 is 1.70 bits per heavy atom. The van der Waals surface area contributed by atoms with Gasteiger partial charge in [0, 0.05) is 17.2 Å². The largest absolute Gasteiger partial charge is 0.352 e. The third-order valence-electron chi connectivity index (χ3n) is 6.51. The van der Waals surface area contributed by atoms with E-state index in [0.717, 1.165) is 38.5 Å². The van der Waals surface area contributed by atoms with Crippen LogP contribution in [-0.2, 0) is 9.59 Å². The van der Waals surface area contributed by atoms with Gasteiger partial charge in [-0.1, -0.05) is 38.5 Å². The smallest absolute Gasteiger partial charge is 0.244 e. The first kappa shape index (κ1) is 21.0. The maximum atomic E-state index is 13.4. The number of carbonyl (C=O) groups is 2. The van der Waals surface area contributed by atoms with Gasteiger partial charge in [0.25, 0.3) is 0 Å². The highest BCUT2D eigenvalue weighted by Crippen LogP contribution is 2.57. The number of rotatable bonds is 5. The topological polar surface area (TPSA) is 75.4 Å². The van der Waals surface area contributed by atoms with Crippen molar-refractivity contribution in [3.05, 3.63) is 0 Å². The molecular weight excluding hydrogens is 358 g/mol. The second-order valence-electron chi connectivity index (χ2n) is 9.11. The number of amides is 2. The van der Waals surface area contributed by atoms with Gasteiger partial charge in [-0.3, -0.25) is 9.59 Å². The van der Waals surface area contributed by atoms with E-state index in [1.807, 2.05) is 16.7 Å². The fourth-order valence-electron chi connectivity index (χ4n) is 5.29. The molecule has 1 atom stereocenters. The molecule has 3 rings (SSSR count). The Morgan fingerprint density at radius 3 is 2.33 bits per heavy atom. The molecule has 1 saturated heterocycles. The Bertz CT molecular complexity index is 540. The zero-order valence-corrected chi connectivity index (χ0v) is 17.9. The normalized spacial score (nSPS) is 27.7. The lowest BCUT2D eigenvalue weighted by Crippen LogP contribution is -2.59. The fourth-order valence-corrected chi connectivity index (χ4v) is 7.39. The highest BCUT2D eigenvalue weighted by Gasteiger charge is 2.60. The van der Waals surface area contributed by atoms with E-state index in [9.17, 15) is 9.59 Å². The third kappa shape index (κ3) is 4.47. The molecular formula is C21H37N3O2S. The van der Waals surface area contributed by atoms with E-state index < -0.39 is 0 Å². The second kappa shape index (κ2) is 8.73. The standard InChI is InChI=1S/C21H37N3O2S/c1-20(2)18(19(26)23-16-10-5-3-6-11-16)24(17(25)12-9-15-22)21(27-20)13-7-4-8-14-21/h16,18H,3-15,22H2,1-2H3,(H,23,26)/t18-/m1/s1. The molecule has 0 bridgehead atoms. The minimum atomic E-state index is -0.382. The second-order valence-corrected chi connectivity index (χ2v) is 11.1. The first-order chi connectivity index (χ1) is 12.9. The van der Waals surface area contributed by atoms with E-state index in [1.165, 1.54) is 25.7 Å². The fraction of sp³-hybridized carbons (Fsp3) is 0.905. The van der Waals surface area contributed by atoms with Crippen LogP contribution in [0, 0.1) is 0 Å². The number of nitrogens with zero attached hydrogens (tertiary/aromatic N) is 1. The van der Waals surface area contributed by atoms with E-state index in [2.05, 4.69) is 19.2 Å². The Balaban J connectivity index is 1.84. The average Bonchev–Trinajstić information content (AvgIpc) is 2.87. The van der Waals surface area contributed by atoms with Gasteiger partial charge in [-0.15, -0.1) is 11.8 Å². The summed E-state index contributed by atoms with van der Waals surface area (Å²) in [7, 11) is 0. The molecule has 3 N–H and O–H groups in total. The molecule has 5 nitrogen and oxygen atoms in total. The summed E-state index contributed by atoms with van der Waals surface area (Å²) in [6.07, 6.45) is 12.4. The molecule has 0 aromatic heterocycles. The molecule has 154 valence electrons. The SMILES string of the molecule is CC1(C)SC2(CCCCC2)N(C(=O)CCCN)[C@@H]1C(=O)NC1CCCCC1. The van der Waals surface area contributed by atoms with Gasteiger partial charge in [0.05, 0.1) is 4.87 Å². The van der Waals surface area contributed by atoms with Gasteiger partial charge in [-0.25, -0.2) is 0 Å². The number of hydrogen-bond donors (Lipinski definition) is 2. The summed E-state index contributed by atoms with van der Waals surface area (Å²) in [6.45, 7) is 4.81. The first-order valence-corrected chi connectivity index (χ1v) is 11.7. The summed E-state index contributed by atoms with van der Waals surface area (Å²) in [5.74, 6) is 0.173. The van der Waals surface area contributed by atoms with Gasteiger partial charge in [0.2, 0.25) is 11.8 Å². The van der Waals surface area contributed by atoms with Gasteiger partial charge in [0.1, 0.15) is 6.04 Å². The van der Waals surface area contributed by atoms with Crippen LogP contribution in [0.4, 0.5) is 0 Å². The Hall–Kier alpha value is -0.750. The molecule has 1 aliphatic heterocycles. The van der Waals surface area contributed by atoms with Gasteiger partial charge < -0.3 is 16.0 Å². The molecule has 2 amide bonds. The average molecular weight is 396 g/mol. The zero-order valence-electron chi connectivity index (χ0n) is 17.1. The van der Waals surface area contributed by atoms with Crippen molar-refractivity contribution in [3.63, 3.8) is 0 Å². The monoisotopic (exact) mass is 395 g/mol. The van der Waals surface area contributed by atoms with Crippen molar-refractivity contribution < 1.29 is 9.59 Å². The molecule has 27 heavy (non-hydrogen) atoms. The maximum absolute atomic E-state index is 13.4. The van der Waals surface area contributed by atoms with Crippen LogP contribution in [-0.4, -0.2) is 45.0 Å². The predicted octanol–water partition coefficient (Wildman–Crippen LogP) is 3.56. The summed E-state index contributed by atoms with van der Waals surface area (Å²) in [5, 5.41) is 3.31. The van der Waals surface area contributed by atoms with Crippen molar-refractivity contribution in [3.8, 4) is 0 Å². The molecule has 1 heterocycles. The van der Waals surface area contributed by atoms with Gasteiger partial charge in [0.15, 0.2) is 0 Å². The van der Waals surface area contributed by atoms with E-state index in [4.69, 9.17) is 5.73 Å². The zero-order chi connectivity index (χ0) is 19.5. The lowest BCUT2D eigenvalue weighted by Gasteiger charge is -2.42. The lowest BCUT2D eigenvalue weighted by atomic mass is 9.89. The van der Waals surface area contributed by atoms with E-state index in [1.54, 1.807) is 0 Å². The third-order valence-corrected chi connectivity index (χ3v) is 8.24. The Labute approximate surface area is 168 Å². The minimum absolute atomic E-state index is 0.0583. The van der Waals surface area contributed by atoms with Crippen molar-refractivity contribution in [2.75, 3.05) is 6.54 Å². The molecule has 3 aliphatic rings. The van der Waals surface area contributed by atoms with Crippen molar-refractivity contribution in [2.45, 2.75) is 113 Å². The lowest BCUT2D eigenvalue weighted by molar-refractivity contribution is -0.145. The number of nitrogens with two attached hydrogens (primary N) is 1. The summed E-state index contributed by atoms with van der Waals surface area (Å²) in [6, 6.07) is -0.108.